The topological polar surface area (TPSA) is 63.7 Å². The molecule has 1 unspecified atom stereocenters. The molecule has 0 saturated heterocycles. The number of rotatable bonds is 5. The zero-order valence-corrected chi connectivity index (χ0v) is 17.0. The Kier molecular flexibility index (Phi) is 4.44. The van der Waals surface area contributed by atoms with E-state index in [1.54, 1.807) is 4.90 Å². The lowest BCUT2D eigenvalue weighted by atomic mass is 10.0. The Hall–Kier alpha value is -2.58. The first kappa shape index (κ1) is 17.5. The Labute approximate surface area is 167 Å². The van der Waals surface area contributed by atoms with E-state index in [2.05, 4.69) is 64.6 Å². The Bertz CT molecular complexity index is 1110. The van der Waals surface area contributed by atoms with Crippen LogP contribution in [0.1, 0.15) is 29.9 Å². The Morgan fingerprint density at radius 1 is 1.18 bits per heavy atom. The SMILES string of the molecule is CCN(CC)c1nc2nnnn2c2sc3c(c12)CC[NH+](Cc1ccccc1)C3. The van der Waals surface area contributed by atoms with Crippen LogP contribution in [0, 0.1) is 0 Å². The third kappa shape index (κ3) is 2.84. The number of fused-ring (bicyclic) bond motifs is 5. The highest BCUT2D eigenvalue weighted by molar-refractivity contribution is 7.19. The highest BCUT2D eigenvalue weighted by Crippen LogP contribution is 2.37. The second-order valence-electron chi connectivity index (χ2n) is 7.27. The summed E-state index contributed by atoms with van der Waals surface area (Å²) in [6.45, 7) is 9.44. The van der Waals surface area contributed by atoms with Gasteiger partial charge >= 0.3 is 0 Å². The van der Waals surface area contributed by atoms with E-state index in [0.717, 1.165) is 49.8 Å². The summed E-state index contributed by atoms with van der Waals surface area (Å²) in [4.78, 5) is 11.3. The van der Waals surface area contributed by atoms with Crippen molar-refractivity contribution >= 4 is 33.1 Å². The fourth-order valence-corrected chi connectivity index (χ4v) is 5.58. The van der Waals surface area contributed by atoms with E-state index < -0.39 is 0 Å². The molecule has 4 heterocycles. The number of thiophene rings is 1. The molecule has 0 aliphatic carbocycles. The van der Waals surface area contributed by atoms with Crippen LogP contribution in [0.25, 0.3) is 16.0 Å². The van der Waals surface area contributed by atoms with E-state index in [-0.39, 0.29) is 0 Å². The molecule has 0 fully saturated rings. The predicted octanol–water partition coefficient (Wildman–Crippen LogP) is 1.72. The molecule has 0 saturated carbocycles. The molecule has 1 atom stereocenters. The standard InChI is InChI=1S/C20H23N7S/c1-3-26(4-2)18-17-15-10-11-25(12-14-8-6-5-7-9-14)13-16(15)28-19(17)27-20(21-18)22-23-24-27/h5-9H,3-4,10-13H2,1-2H3/p+1. The summed E-state index contributed by atoms with van der Waals surface area (Å²) in [5, 5.41) is 13.4. The fourth-order valence-electron chi connectivity index (χ4n) is 4.22. The van der Waals surface area contributed by atoms with E-state index in [9.17, 15) is 0 Å². The summed E-state index contributed by atoms with van der Waals surface area (Å²) in [6, 6.07) is 10.8. The maximum absolute atomic E-state index is 4.83. The first-order chi connectivity index (χ1) is 13.8. The number of aromatic nitrogens is 5. The molecular formula is C20H24N7S+. The van der Waals surface area contributed by atoms with Crippen LogP contribution in [-0.2, 0) is 19.5 Å². The van der Waals surface area contributed by atoms with Crippen LogP contribution in [0.5, 0.6) is 0 Å². The van der Waals surface area contributed by atoms with Gasteiger partial charge in [-0.3, -0.25) is 0 Å². The molecule has 7 nitrogen and oxygen atoms in total. The number of nitrogens with zero attached hydrogens (tertiary/aromatic N) is 6. The predicted molar refractivity (Wildman–Crippen MR) is 111 cm³/mol. The second kappa shape index (κ2) is 7.10. The normalized spacial score (nSPS) is 16.6. The largest absolute Gasteiger partial charge is 0.356 e. The van der Waals surface area contributed by atoms with Gasteiger partial charge in [-0.05, 0) is 29.8 Å². The van der Waals surface area contributed by atoms with E-state index in [0.29, 0.717) is 5.78 Å². The van der Waals surface area contributed by atoms with Gasteiger partial charge in [0.2, 0.25) is 0 Å². The van der Waals surface area contributed by atoms with Crippen molar-refractivity contribution in [3.63, 3.8) is 0 Å². The number of quaternary nitrogens is 1. The Balaban J connectivity index is 1.59. The minimum Gasteiger partial charge on any atom is -0.356 e. The van der Waals surface area contributed by atoms with Crippen molar-refractivity contribution in [2.45, 2.75) is 33.4 Å². The first-order valence-corrected chi connectivity index (χ1v) is 10.7. The number of hydrogen-bond acceptors (Lipinski definition) is 6. The molecule has 0 radical (unpaired) electrons. The summed E-state index contributed by atoms with van der Waals surface area (Å²) in [5.41, 5.74) is 2.85. The van der Waals surface area contributed by atoms with Crippen molar-refractivity contribution in [2.24, 2.45) is 0 Å². The van der Waals surface area contributed by atoms with Crippen molar-refractivity contribution in [1.29, 1.82) is 0 Å². The molecule has 3 aromatic heterocycles. The smallest absolute Gasteiger partial charge is 0.276 e. The minimum atomic E-state index is 0.585. The van der Waals surface area contributed by atoms with Crippen LogP contribution in [0.15, 0.2) is 30.3 Å². The molecule has 0 amide bonds. The summed E-state index contributed by atoms with van der Waals surface area (Å²) in [6.07, 6.45) is 1.07. The molecule has 8 heteroatoms. The van der Waals surface area contributed by atoms with Crippen LogP contribution in [-0.4, -0.2) is 44.7 Å². The number of hydrogen-bond donors (Lipinski definition) is 1. The monoisotopic (exact) mass is 394 g/mol. The second-order valence-corrected chi connectivity index (χ2v) is 8.36. The molecule has 1 aromatic carbocycles. The lowest BCUT2D eigenvalue weighted by Gasteiger charge is -2.25. The Morgan fingerprint density at radius 3 is 2.79 bits per heavy atom. The van der Waals surface area contributed by atoms with Gasteiger partial charge in [-0.25, -0.2) is 0 Å². The van der Waals surface area contributed by atoms with Gasteiger partial charge in [-0.2, -0.15) is 9.50 Å². The van der Waals surface area contributed by atoms with E-state index >= 15 is 0 Å². The van der Waals surface area contributed by atoms with Crippen LogP contribution >= 0.6 is 11.3 Å². The molecule has 28 heavy (non-hydrogen) atoms. The summed E-state index contributed by atoms with van der Waals surface area (Å²) < 4.78 is 1.81. The number of benzene rings is 1. The molecule has 1 N–H and O–H groups in total. The molecule has 144 valence electrons. The number of tetrazole rings is 1. The maximum Gasteiger partial charge on any atom is 0.276 e. The summed E-state index contributed by atoms with van der Waals surface area (Å²) in [5.74, 6) is 1.62. The van der Waals surface area contributed by atoms with Gasteiger partial charge in [0.15, 0.2) is 0 Å². The van der Waals surface area contributed by atoms with Gasteiger partial charge in [0, 0.05) is 25.1 Å². The van der Waals surface area contributed by atoms with Gasteiger partial charge in [-0.15, -0.1) is 11.3 Å². The molecule has 0 bridgehead atoms. The molecule has 1 aliphatic rings. The van der Waals surface area contributed by atoms with Gasteiger partial charge < -0.3 is 9.80 Å². The molecule has 1 aliphatic heterocycles. The lowest BCUT2D eigenvalue weighted by Crippen LogP contribution is -3.10. The Morgan fingerprint density at radius 2 is 2.00 bits per heavy atom. The van der Waals surface area contributed by atoms with Gasteiger partial charge in [-0.1, -0.05) is 35.4 Å². The van der Waals surface area contributed by atoms with Crippen LogP contribution < -0.4 is 9.80 Å². The summed E-state index contributed by atoms with van der Waals surface area (Å²) in [7, 11) is 0. The van der Waals surface area contributed by atoms with Crippen LogP contribution in [0.4, 0.5) is 5.82 Å². The van der Waals surface area contributed by atoms with Crippen LogP contribution in [0.2, 0.25) is 0 Å². The van der Waals surface area contributed by atoms with Gasteiger partial charge in [0.25, 0.3) is 5.78 Å². The van der Waals surface area contributed by atoms with E-state index in [4.69, 9.17) is 4.98 Å². The average Bonchev–Trinajstić information content (AvgIpc) is 3.33. The number of nitrogens with one attached hydrogen (secondary N) is 1. The number of anilines is 1. The fraction of sp³-hybridized carbons (Fsp3) is 0.400. The van der Waals surface area contributed by atoms with Crippen molar-refractivity contribution in [3.8, 4) is 0 Å². The minimum absolute atomic E-state index is 0.585. The average molecular weight is 395 g/mol. The lowest BCUT2D eigenvalue weighted by molar-refractivity contribution is -0.929. The maximum atomic E-state index is 4.83. The highest BCUT2D eigenvalue weighted by atomic mass is 32.1. The van der Waals surface area contributed by atoms with Crippen molar-refractivity contribution in [3.05, 3.63) is 46.3 Å². The van der Waals surface area contributed by atoms with Crippen molar-refractivity contribution < 1.29 is 4.90 Å². The summed E-state index contributed by atoms with van der Waals surface area (Å²) >= 11 is 1.83. The van der Waals surface area contributed by atoms with Gasteiger partial charge in [0.1, 0.15) is 23.7 Å². The third-order valence-electron chi connectivity index (χ3n) is 5.65. The van der Waals surface area contributed by atoms with E-state index in [1.807, 2.05) is 15.9 Å². The van der Waals surface area contributed by atoms with Crippen molar-refractivity contribution in [2.75, 3.05) is 24.5 Å². The molecule has 0 spiro atoms. The zero-order chi connectivity index (χ0) is 19.1. The van der Waals surface area contributed by atoms with Crippen molar-refractivity contribution in [1.82, 2.24) is 25.0 Å². The highest BCUT2D eigenvalue weighted by Gasteiger charge is 2.28. The van der Waals surface area contributed by atoms with Crippen LogP contribution in [0.3, 0.4) is 0 Å². The molecule has 4 aromatic rings. The zero-order valence-electron chi connectivity index (χ0n) is 16.2. The molecule has 5 rings (SSSR count). The van der Waals surface area contributed by atoms with Gasteiger partial charge in [0.05, 0.1) is 16.8 Å². The third-order valence-corrected chi connectivity index (χ3v) is 6.85. The quantitative estimate of drug-likeness (QED) is 0.558. The van der Waals surface area contributed by atoms with E-state index in [1.165, 1.54) is 21.4 Å². The first-order valence-electron chi connectivity index (χ1n) is 9.93. The molecular weight excluding hydrogens is 370 g/mol.